The molecule has 0 aliphatic rings. The van der Waals surface area contributed by atoms with E-state index in [0.29, 0.717) is 43.9 Å². The number of aryl methyl sites for hydroxylation is 1. The number of aliphatic hydroxyl groups is 2. The van der Waals surface area contributed by atoms with Crippen LogP contribution in [0.3, 0.4) is 0 Å². The maximum absolute atomic E-state index is 12.9. The van der Waals surface area contributed by atoms with Crippen molar-refractivity contribution < 1.29 is 19.8 Å². The Bertz CT molecular complexity index is 645. The quantitative estimate of drug-likeness (QED) is 0.462. The van der Waals surface area contributed by atoms with Crippen molar-refractivity contribution in [3.8, 4) is 0 Å². The minimum absolute atomic E-state index is 0.0279. The lowest BCUT2D eigenvalue weighted by Gasteiger charge is -2.23. The highest BCUT2D eigenvalue weighted by atomic mass is 16.3. The maximum atomic E-state index is 12.9. The molecule has 1 rings (SSSR count). The highest BCUT2D eigenvalue weighted by Crippen LogP contribution is 2.13. The largest absolute Gasteiger partial charge is 0.395 e. The first-order valence-corrected chi connectivity index (χ1v) is 10.6. The molecule has 0 aliphatic heterocycles. The van der Waals surface area contributed by atoms with E-state index in [2.05, 4.69) is 5.32 Å². The molecular weight excluding hydrogens is 370 g/mol. The van der Waals surface area contributed by atoms with Crippen molar-refractivity contribution in [3.63, 3.8) is 0 Å². The Morgan fingerprint density at radius 2 is 1.66 bits per heavy atom. The van der Waals surface area contributed by atoms with Crippen LogP contribution in [0.15, 0.2) is 18.2 Å². The van der Waals surface area contributed by atoms with E-state index in [1.807, 2.05) is 37.5 Å². The lowest BCUT2D eigenvalue weighted by atomic mass is 10.0. The molecule has 1 unspecified atom stereocenters. The number of likely N-dealkylation sites (N-methyl/N-ethyl adjacent to an activating group) is 1. The van der Waals surface area contributed by atoms with E-state index in [-0.39, 0.29) is 25.0 Å². The van der Waals surface area contributed by atoms with Crippen LogP contribution in [0.25, 0.3) is 0 Å². The number of carbonyl (C=O) groups is 2. The van der Waals surface area contributed by atoms with Gasteiger partial charge < -0.3 is 20.4 Å². The van der Waals surface area contributed by atoms with Crippen LogP contribution in [-0.4, -0.2) is 83.8 Å². The van der Waals surface area contributed by atoms with E-state index >= 15 is 0 Å². The number of rotatable bonds is 13. The van der Waals surface area contributed by atoms with E-state index in [1.54, 1.807) is 18.2 Å². The third kappa shape index (κ3) is 8.51. The minimum atomic E-state index is -0.735. The smallest absolute Gasteiger partial charge is 0.253 e. The third-order valence-corrected chi connectivity index (χ3v) is 4.69. The molecule has 2 amide bonds. The summed E-state index contributed by atoms with van der Waals surface area (Å²) in [6.07, 6.45) is 1.03. The van der Waals surface area contributed by atoms with Crippen LogP contribution >= 0.6 is 0 Å². The predicted molar refractivity (Wildman–Crippen MR) is 115 cm³/mol. The number of benzene rings is 1. The maximum Gasteiger partial charge on any atom is 0.253 e. The number of nitrogens with zero attached hydrogens (tertiary/aromatic N) is 2. The summed E-state index contributed by atoms with van der Waals surface area (Å²) in [5.41, 5.74) is 1.77. The van der Waals surface area contributed by atoms with Gasteiger partial charge in [-0.05, 0) is 50.1 Å². The molecule has 0 radical (unpaired) electrons. The van der Waals surface area contributed by atoms with Gasteiger partial charge in [0.2, 0.25) is 0 Å². The number of aliphatic hydroxyl groups excluding tert-OH is 2. The second-order valence-corrected chi connectivity index (χ2v) is 7.36. The molecule has 164 valence electrons. The molecule has 0 aromatic heterocycles. The van der Waals surface area contributed by atoms with Crippen molar-refractivity contribution >= 4 is 11.8 Å². The first-order chi connectivity index (χ1) is 13.9. The number of carbonyl (C=O) groups excluding carboxylic acids is 2. The van der Waals surface area contributed by atoms with Crippen molar-refractivity contribution in [1.82, 2.24) is 15.1 Å². The molecular formula is C22H37N3O4. The second-order valence-electron chi connectivity index (χ2n) is 7.36. The summed E-state index contributed by atoms with van der Waals surface area (Å²) in [6, 6.07) is 5.17. The number of amides is 2. The van der Waals surface area contributed by atoms with Gasteiger partial charge in [-0.2, -0.15) is 0 Å². The molecule has 0 saturated heterocycles. The van der Waals surface area contributed by atoms with Crippen molar-refractivity contribution in [2.75, 3.05) is 45.9 Å². The molecule has 0 aliphatic carbocycles. The molecule has 0 saturated carbocycles. The molecule has 0 spiro atoms. The second kappa shape index (κ2) is 13.3. The zero-order valence-electron chi connectivity index (χ0n) is 18.3. The molecule has 0 bridgehead atoms. The van der Waals surface area contributed by atoms with Crippen LogP contribution in [0.4, 0.5) is 0 Å². The number of nitrogens with one attached hydrogen (secondary N) is 1. The lowest BCUT2D eigenvalue weighted by Crippen LogP contribution is -2.41. The van der Waals surface area contributed by atoms with Gasteiger partial charge in [-0.15, -0.1) is 0 Å². The summed E-state index contributed by atoms with van der Waals surface area (Å²) >= 11 is 0. The summed E-state index contributed by atoms with van der Waals surface area (Å²) < 4.78 is 0. The summed E-state index contributed by atoms with van der Waals surface area (Å²) in [5.74, 6) is -0.376. The molecule has 1 aromatic rings. The van der Waals surface area contributed by atoms with Gasteiger partial charge in [0.25, 0.3) is 11.8 Å². The van der Waals surface area contributed by atoms with Crippen LogP contribution in [-0.2, 0) is 0 Å². The Kier molecular flexibility index (Phi) is 11.5. The fraction of sp³-hybridized carbons (Fsp3) is 0.636. The standard InChI is InChI=1S/C22H37N3O4/c1-5-8-25(9-6-2)22(29)19-13-17(4)12-18(14-19)21(28)23-15-20(27)16-24(7-3)10-11-26/h12-14,20,26-27H,5-11,15-16H2,1-4H3,(H,23,28). The first kappa shape index (κ1) is 25.1. The normalized spacial score (nSPS) is 12.1. The van der Waals surface area contributed by atoms with Gasteiger partial charge >= 0.3 is 0 Å². The van der Waals surface area contributed by atoms with Gasteiger partial charge in [-0.1, -0.05) is 20.8 Å². The molecule has 1 aromatic carbocycles. The average Bonchev–Trinajstić information content (AvgIpc) is 2.70. The molecule has 7 heteroatoms. The highest BCUT2D eigenvalue weighted by Gasteiger charge is 2.18. The van der Waals surface area contributed by atoms with Gasteiger partial charge in [0.1, 0.15) is 0 Å². The van der Waals surface area contributed by atoms with Crippen molar-refractivity contribution in [1.29, 1.82) is 0 Å². The van der Waals surface area contributed by atoms with Crippen molar-refractivity contribution in [3.05, 3.63) is 34.9 Å². The molecule has 3 N–H and O–H groups in total. The van der Waals surface area contributed by atoms with Gasteiger partial charge in [0, 0.05) is 43.9 Å². The van der Waals surface area contributed by atoms with Gasteiger partial charge in [0.05, 0.1) is 12.7 Å². The third-order valence-electron chi connectivity index (χ3n) is 4.69. The van der Waals surface area contributed by atoms with Gasteiger partial charge in [-0.3, -0.25) is 14.5 Å². The highest BCUT2D eigenvalue weighted by molar-refractivity contribution is 6.00. The fourth-order valence-electron chi connectivity index (χ4n) is 3.27. The predicted octanol–water partition coefficient (Wildman–Crippen LogP) is 1.66. The van der Waals surface area contributed by atoms with Crippen molar-refractivity contribution in [2.45, 2.75) is 46.6 Å². The topological polar surface area (TPSA) is 93.1 Å². The molecule has 29 heavy (non-hydrogen) atoms. The van der Waals surface area contributed by atoms with E-state index < -0.39 is 6.10 Å². The van der Waals surface area contributed by atoms with Crippen LogP contribution in [0.2, 0.25) is 0 Å². The Morgan fingerprint density at radius 1 is 1.03 bits per heavy atom. The summed E-state index contributed by atoms with van der Waals surface area (Å²) in [4.78, 5) is 29.2. The number of hydrogen-bond acceptors (Lipinski definition) is 5. The zero-order chi connectivity index (χ0) is 21.8. The fourth-order valence-corrected chi connectivity index (χ4v) is 3.27. The monoisotopic (exact) mass is 407 g/mol. The summed E-state index contributed by atoms with van der Waals surface area (Å²) in [6.45, 7) is 11.0. The zero-order valence-corrected chi connectivity index (χ0v) is 18.3. The Morgan fingerprint density at radius 3 is 2.21 bits per heavy atom. The lowest BCUT2D eigenvalue weighted by molar-refractivity contribution is 0.0755. The van der Waals surface area contributed by atoms with Crippen LogP contribution < -0.4 is 5.32 Å². The van der Waals surface area contributed by atoms with Gasteiger partial charge in [0.15, 0.2) is 0 Å². The van der Waals surface area contributed by atoms with E-state index in [9.17, 15) is 14.7 Å². The molecule has 0 fully saturated rings. The Hall–Kier alpha value is -1.96. The van der Waals surface area contributed by atoms with Crippen LogP contribution in [0.5, 0.6) is 0 Å². The Labute approximate surface area is 174 Å². The molecule has 0 heterocycles. The van der Waals surface area contributed by atoms with E-state index in [0.717, 1.165) is 18.4 Å². The van der Waals surface area contributed by atoms with Crippen LogP contribution in [0.1, 0.15) is 59.9 Å². The molecule has 1 atom stereocenters. The number of hydrogen-bond donors (Lipinski definition) is 3. The minimum Gasteiger partial charge on any atom is -0.395 e. The van der Waals surface area contributed by atoms with Gasteiger partial charge in [-0.25, -0.2) is 0 Å². The first-order valence-electron chi connectivity index (χ1n) is 10.6. The van der Waals surface area contributed by atoms with Crippen LogP contribution in [0, 0.1) is 6.92 Å². The van der Waals surface area contributed by atoms with E-state index in [4.69, 9.17) is 5.11 Å². The van der Waals surface area contributed by atoms with Crippen molar-refractivity contribution in [2.24, 2.45) is 0 Å². The molecule has 7 nitrogen and oxygen atoms in total. The van der Waals surface area contributed by atoms with E-state index in [1.165, 1.54) is 0 Å². The average molecular weight is 408 g/mol. The SMILES string of the molecule is CCCN(CCC)C(=O)c1cc(C)cc(C(=O)NCC(O)CN(CC)CCO)c1. The Balaban J connectivity index is 2.80. The summed E-state index contributed by atoms with van der Waals surface area (Å²) in [5, 5.41) is 21.9. The summed E-state index contributed by atoms with van der Waals surface area (Å²) in [7, 11) is 0.